The molecule has 1 aromatic carbocycles. The van der Waals surface area contributed by atoms with Crippen molar-refractivity contribution in [1.82, 2.24) is 0 Å². The quantitative estimate of drug-likeness (QED) is 0.573. The van der Waals surface area contributed by atoms with Gasteiger partial charge in [-0.1, -0.05) is 0 Å². The Kier molecular flexibility index (Phi) is 5.24. The Hall–Kier alpha value is -0.700. The summed E-state index contributed by atoms with van der Waals surface area (Å²) in [6.45, 7) is 1.18. The van der Waals surface area contributed by atoms with Crippen LogP contribution in [0.2, 0.25) is 0 Å². The number of carbonyl (C=O) groups excluding carboxylic acids is 1. The molecule has 0 spiro atoms. The van der Waals surface area contributed by atoms with Crippen molar-refractivity contribution in [2.45, 2.75) is 11.3 Å². The van der Waals surface area contributed by atoms with Crippen LogP contribution in [0.25, 0.3) is 0 Å². The number of esters is 1. The van der Waals surface area contributed by atoms with Gasteiger partial charge in [0.1, 0.15) is 5.82 Å². The molecule has 0 N–H and O–H groups in total. The molecular weight excluding hydrogens is 391 g/mol. The monoisotopic (exact) mass is 400 g/mol. The summed E-state index contributed by atoms with van der Waals surface area (Å²) in [5, 5.41) is 0. The van der Waals surface area contributed by atoms with Crippen molar-refractivity contribution in [3.05, 3.63) is 28.0 Å². The van der Waals surface area contributed by atoms with Crippen LogP contribution in [0.1, 0.15) is 16.8 Å². The molecule has 9 heteroatoms. The molecule has 0 saturated carbocycles. The highest BCUT2D eigenvalue weighted by Gasteiger charge is 2.24. The number of hydrogen-bond acceptors (Lipinski definition) is 5. The highest BCUT2D eigenvalue weighted by atomic mass is 79.9. The summed E-state index contributed by atoms with van der Waals surface area (Å²) in [5.41, 5.74) is -0.476. The number of rotatable bonds is 4. The Morgan fingerprint density at radius 2 is 2.24 bits per heavy atom. The predicted octanol–water partition coefficient (Wildman–Crippen LogP) is 2.71. The molecule has 1 aliphatic rings. The summed E-state index contributed by atoms with van der Waals surface area (Å²) in [5.74, 6) is -1.75. The van der Waals surface area contributed by atoms with Crippen LogP contribution in [0, 0.1) is 11.7 Å². The zero-order valence-corrected chi connectivity index (χ0v) is 13.8. The van der Waals surface area contributed by atoms with Crippen molar-refractivity contribution in [3.8, 4) is 0 Å². The van der Waals surface area contributed by atoms with Gasteiger partial charge in [-0.3, -0.25) is 0 Å². The molecule has 0 radical (unpaired) electrons. The fourth-order valence-electron chi connectivity index (χ4n) is 1.86. The van der Waals surface area contributed by atoms with Gasteiger partial charge in [0.2, 0.25) is 0 Å². The van der Waals surface area contributed by atoms with E-state index in [1.54, 1.807) is 0 Å². The Labute approximate surface area is 133 Å². The molecule has 1 fully saturated rings. The van der Waals surface area contributed by atoms with Gasteiger partial charge in [-0.15, -0.1) is 0 Å². The lowest BCUT2D eigenvalue weighted by Crippen LogP contribution is -2.16. The van der Waals surface area contributed by atoms with Gasteiger partial charge >= 0.3 is 5.97 Å². The molecule has 5 nitrogen and oxygen atoms in total. The standard InChI is InChI=1S/C12H11BrClFO5S/c13-9-4-10(15)8(3-11(9)21(14,17)18)12(16)20-6-7-1-2-19-5-7/h3-4,7H,1-2,5-6H2. The summed E-state index contributed by atoms with van der Waals surface area (Å²) in [6.07, 6.45) is 0.761. The molecule has 0 aliphatic carbocycles. The number of hydrogen-bond donors (Lipinski definition) is 0. The third kappa shape index (κ3) is 4.15. The highest BCUT2D eigenvalue weighted by molar-refractivity contribution is 9.10. The third-order valence-electron chi connectivity index (χ3n) is 2.98. The van der Waals surface area contributed by atoms with Gasteiger partial charge in [0.15, 0.2) is 0 Å². The first-order chi connectivity index (χ1) is 9.79. The topological polar surface area (TPSA) is 69.7 Å². The van der Waals surface area contributed by atoms with Crippen LogP contribution in [0.5, 0.6) is 0 Å². The van der Waals surface area contributed by atoms with E-state index in [0.29, 0.717) is 13.2 Å². The normalized spacial score (nSPS) is 18.7. The molecule has 1 aromatic rings. The van der Waals surface area contributed by atoms with E-state index in [9.17, 15) is 17.6 Å². The maximum Gasteiger partial charge on any atom is 0.341 e. The van der Waals surface area contributed by atoms with Gasteiger partial charge in [0, 0.05) is 27.7 Å². The zero-order valence-electron chi connectivity index (χ0n) is 10.6. The van der Waals surface area contributed by atoms with Crippen molar-refractivity contribution in [1.29, 1.82) is 0 Å². The lowest BCUT2D eigenvalue weighted by molar-refractivity contribution is 0.0422. The van der Waals surface area contributed by atoms with Crippen molar-refractivity contribution in [2.24, 2.45) is 5.92 Å². The summed E-state index contributed by atoms with van der Waals surface area (Å²) < 4.78 is 46.5. The smallest absolute Gasteiger partial charge is 0.341 e. The van der Waals surface area contributed by atoms with E-state index in [1.165, 1.54) is 0 Å². The molecule has 0 amide bonds. The molecular formula is C12H11BrClFO5S. The van der Waals surface area contributed by atoms with E-state index < -0.39 is 26.4 Å². The van der Waals surface area contributed by atoms with E-state index in [4.69, 9.17) is 20.2 Å². The number of ether oxygens (including phenoxy) is 2. The summed E-state index contributed by atoms with van der Waals surface area (Å²) in [6, 6.07) is 1.72. The lowest BCUT2D eigenvalue weighted by Gasteiger charge is -2.10. The van der Waals surface area contributed by atoms with Crippen LogP contribution >= 0.6 is 26.6 Å². The van der Waals surface area contributed by atoms with Gasteiger partial charge in [-0.25, -0.2) is 17.6 Å². The summed E-state index contributed by atoms with van der Waals surface area (Å²) in [7, 11) is 1.12. The average Bonchev–Trinajstić information content (AvgIpc) is 2.87. The molecule has 0 bridgehead atoms. The van der Waals surface area contributed by atoms with E-state index in [-0.39, 0.29) is 21.9 Å². The molecule has 1 aliphatic heterocycles. The van der Waals surface area contributed by atoms with E-state index in [0.717, 1.165) is 18.6 Å². The average molecular weight is 402 g/mol. The van der Waals surface area contributed by atoms with E-state index in [2.05, 4.69) is 15.9 Å². The van der Waals surface area contributed by atoms with Crippen molar-refractivity contribution in [3.63, 3.8) is 0 Å². The van der Waals surface area contributed by atoms with Gasteiger partial charge in [-0.05, 0) is 34.5 Å². The Balaban J connectivity index is 2.20. The third-order valence-corrected chi connectivity index (χ3v) is 5.26. The fourth-order valence-corrected chi connectivity index (χ4v) is 4.03. The molecule has 0 aromatic heterocycles. The van der Waals surface area contributed by atoms with Crippen molar-refractivity contribution in [2.75, 3.05) is 19.8 Å². The van der Waals surface area contributed by atoms with Crippen LogP contribution < -0.4 is 0 Å². The molecule has 1 heterocycles. The number of halogens is 3. The maximum absolute atomic E-state index is 13.8. The van der Waals surface area contributed by atoms with Crippen LogP contribution in [0.15, 0.2) is 21.5 Å². The van der Waals surface area contributed by atoms with Gasteiger partial charge in [-0.2, -0.15) is 0 Å². The van der Waals surface area contributed by atoms with Gasteiger partial charge < -0.3 is 9.47 Å². The zero-order chi connectivity index (χ0) is 15.6. The summed E-state index contributed by atoms with van der Waals surface area (Å²) in [4.78, 5) is 11.5. The molecule has 1 atom stereocenters. The minimum absolute atomic E-state index is 0.0595. The molecule has 2 rings (SSSR count). The second-order valence-corrected chi connectivity index (χ2v) is 7.92. The lowest BCUT2D eigenvalue weighted by atomic mass is 10.1. The molecule has 1 unspecified atom stereocenters. The second kappa shape index (κ2) is 6.60. The molecule has 1 saturated heterocycles. The predicted molar refractivity (Wildman–Crippen MR) is 76.3 cm³/mol. The van der Waals surface area contributed by atoms with Crippen LogP contribution in [-0.2, 0) is 18.5 Å². The molecule has 21 heavy (non-hydrogen) atoms. The maximum atomic E-state index is 13.8. The molecule has 116 valence electrons. The largest absolute Gasteiger partial charge is 0.462 e. The number of benzene rings is 1. The van der Waals surface area contributed by atoms with Crippen molar-refractivity contribution < 1.29 is 27.1 Å². The minimum Gasteiger partial charge on any atom is -0.462 e. The second-order valence-electron chi connectivity index (χ2n) is 4.53. The Bertz CT molecular complexity index is 658. The van der Waals surface area contributed by atoms with Crippen LogP contribution in [0.4, 0.5) is 4.39 Å². The number of carbonyl (C=O) groups is 1. The van der Waals surface area contributed by atoms with Gasteiger partial charge in [0.25, 0.3) is 9.05 Å². The van der Waals surface area contributed by atoms with E-state index in [1.807, 2.05) is 0 Å². The SMILES string of the molecule is O=C(OCC1CCOC1)c1cc(S(=O)(=O)Cl)c(Br)cc1F. The van der Waals surface area contributed by atoms with Crippen LogP contribution in [0.3, 0.4) is 0 Å². The first-order valence-electron chi connectivity index (χ1n) is 5.97. The Morgan fingerprint density at radius 3 is 2.81 bits per heavy atom. The van der Waals surface area contributed by atoms with Crippen molar-refractivity contribution >= 4 is 41.6 Å². The first kappa shape index (κ1) is 16.7. The van der Waals surface area contributed by atoms with Gasteiger partial charge in [0.05, 0.1) is 23.7 Å². The Morgan fingerprint density at radius 1 is 1.52 bits per heavy atom. The van der Waals surface area contributed by atoms with E-state index >= 15 is 0 Å². The van der Waals surface area contributed by atoms with Crippen LogP contribution in [-0.4, -0.2) is 34.2 Å². The highest BCUT2D eigenvalue weighted by Crippen LogP contribution is 2.28. The first-order valence-corrected chi connectivity index (χ1v) is 9.08. The fraction of sp³-hybridized carbons (Fsp3) is 0.417. The minimum atomic E-state index is -4.11. The summed E-state index contributed by atoms with van der Waals surface area (Å²) >= 11 is 2.89.